The molecule has 28 heavy (non-hydrogen) atoms. The Morgan fingerprint density at radius 2 is 1.50 bits per heavy atom. The van der Waals surface area contributed by atoms with E-state index in [9.17, 15) is 18.0 Å². The molecule has 0 heterocycles. The number of carbonyl (C=O) groups excluding carboxylic acids is 2. The fourth-order valence-corrected chi connectivity index (χ4v) is 3.68. The summed E-state index contributed by atoms with van der Waals surface area (Å²) in [5.74, 6) is -0.464. The van der Waals surface area contributed by atoms with Crippen molar-refractivity contribution in [3.8, 4) is 0 Å². The third kappa shape index (κ3) is 5.56. The van der Waals surface area contributed by atoms with Gasteiger partial charge in [-0.25, -0.2) is 8.42 Å². The summed E-state index contributed by atoms with van der Waals surface area (Å²) in [6, 6.07) is 11.1. The molecule has 8 heteroatoms. The first-order chi connectivity index (χ1) is 12.9. The minimum Gasteiger partial charge on any atom is -0.326 e. The first-order valence-corrected chi connectivity index (χ1v) is 10.2. The molecule has 0 radical (unpaired) electrons. The van der Waals surface area contributed by atoms with Gasteiger partial charge in [-0.1, -0.05) is 32.9 Å². The smallest absolute Gasteiger partial charge is 0.262 e. The van der Waals surface area contributed by atoms with Crippen molar-refractivity contribution in [3.63, 3.8) is 0 Å². The Balaban J connectivity index is 2.29. The van der Waals surface area contributed by atoms with Gasteiger partial charge in [0.05, 0.1) is 10.6 Å². The number of benzene rings is 2. The van der Waals surface area contributed by atoms with E-state index in [-0.39, 0.29) is 16.7 Å². The Morgan fingerprint density at radius 3 is 2.11 bits per heavy atom. The average Bonchev–Trinajstić information content (AvgIpc) is 2.55. The maximum atomic E-state index is 12.8. The molecule has 0 aliphatic carbocycles. The van der Waals surface area contributed by atoms with E-state index in [1.165, 1.54) is 13.0 Å². The van der Waals surface area contributed by atoms with Crippen molar-refractivity contribution in [1.82, 2.24) is 0 Å². The molecule has 0 aliphatic heterocycles. The van der Waals surface area contributed by atoms with Crippen LogP contribution in [-0.4, -0.2) is 20.2 Å². The lowest BCUT2D eigenvalue weighted by Gasteiger charge is -2.18. The molecule has 0 aromatic heterocycles. The number of amides is 2. The number of hydrogen-bond acceptors (Lipinski definition) is 4. The van der Waals surface area contributed by atoms with E-state index in [0.717, 1.165) is 0 Å². The zero-order valence-corrected chi connectivity index (χ0v) is 17.4. The van der Waals surface area contributed by atoms with Crippen molar-refractivity contribution in [3.05, 3.63) is 48.0 Å². The maximum absolute atomic E-state index is 12.8. The Morgan fingerprint density at radius 1 is 0.893 bits per heavy atom. The highest BCUT2D eigenvalue weighted by atomic mass is 32.2. The number of nitrogens with one attached hydrogen (secondary N) is 3. The van der Waals surface area contributed by atoms with Gasteiger partial charge in [0.25, 0.3) is 10.0 Å². The molecule has 0 spiro atoms. The molecular formula is C20H25N3O4S. The van der Waals surface area contributed by atoms with Crippen LogP contribution < -0.4 is 15.4 Å². The molecule has 0 bridgehead atoms. The Kier molecular flexibility index (Phi) is 6.14. The molecule has 2 aromatic carbocycles. The van der Waals surface area contributed by atoms with Crippen molar-refractivity contribution < 1.29 is 18.0 Å². The normalized spacial score (nSPS) is 11.6. The first kappa shape index (κ1) is 21.4. The molecular weight excluding hydrogens is 378 g/mol. The zero-order valence-electron chi connectivity index (χ0n) is 16.6. The third-order valence-electron chi connectivity index (χ3n) is 3.85. The van der Waals surface area contributed by atoms with Crippen LogP contribution in [0.4, 0.5) is 17.1 Å². The van der Waals surface area contributed by atoms with Gasteiger partial charge in [-0.3, -0.25) is 14.3 Å². The van der Waals surface area contributed by atoms with Crippen molar-refractivity contribution in [2.24, 2.45) is 5.41 Å². The molecule has 0 unspecified atom stereocenters. The molecule has 7 nitrogen and oxygen atoms in total. The Bertz CT molecular complexity index is 1010. The fraction of sp³-hybridized carbons (Fsp3) is 0.300. The van der Waals surface area contributed by atoms with Gasteiger partial charge < -0.3 is 10.6 Å². The summed E-state index contributed by atoms with van der Waals surface area (Å²) >= 11 is 0. The summed E-state index contributed by atoms with van der Waals surface area (Å²) < 4.78 is 28.2. The number of anilines is 3. The second-order valence-electron chi connectivity index (χ2n) is 7.55. The van der Waals surface area contributed by atoms with Crippen LogP contribution in [-0.2, 0) is 19.6 Å². The van der Waals surface area contributed by atoms with Gasteiger partial charge in [0.1, 0.15) is 0 Å². The molecule has 3 N–H and O–H groups in total. The molecule has 150 valence electrons. The van der Waals surface area contributed by atoms with Gasteiger partial charge >= 0.3 is 0 Å². The van der Waals surface area contributed by atoms with Crippen molar-refractivity contribution in [2.45, 2.75) is 39.5 Å². The standard InChI is InChI=1S/C20H25N3O4S/c1-13-9-10-16(21-14(2)24)12-18(13)28(26,27)23-17-8-6-7-15(11-17)22-19(25)20(3,4)5/h6-12,23H,1-5H3,(H,21,24)(H,22,25). The summed E-state index contributed by atoms with van der Waals surface area (Å²) in [6.45, 7) is 8.40. The van der Waals surface area contributed by atoms with E-state index in [0.29, 0.717) is 22.6 Å². The summed E-state index contributed by atoms with van der Waals surface area (Å²) in [4.78, 5) is 23.4. The molecule has 0 aliphatic rings. The van der Waals surface area contributed by atoms with Crippen molar-refractivity contribution in [2.75, 3.05) is 15.4 Å². The van der Waals surface area contributed by atoms with Crippen LogP contribution in [0.2, 0.25) is 0 Å². The summed E-state index contributed by atoms with van der Waals surface area (Å²) in [6.07, 6.45) is 0. The van der Waals surface area contributed by atoms with Gasteiger partial charge in [-0.2, -0.15) is 0 Å². The average molecular weight is 404 g/mol. The van der Waals surface area contributed by atoms with Gasteiger partial charge in [0.2, 0.25) is 11.8 Å². The number of sulfonamides is 1. The lowest BCUT2D eigenvalue weighted by molar-refractivity contribution is -0.123. The number of rotatable bonds is 5. The molecule has 0 fully saturated rings. The molecule has 2 rings (SSSR count). The Hall–Kier alpha value is -2.87. The molecule has 2 aromatic rings. The maximum Gasteiger partial charge on any atom is 0.262 e. The van der Waals surface area contributed by atoms with Crippen LogP contribution in [0.3, 0.4) is 0 Å². The molecule has 2 amide bonds. The second kappa shape index (κ2) is 8.02. The van der Waals surface area contributed by atoms with Crippen LogP contribution in [0.5, 0.6) is 0 Å². The fourth-order valence-electron chi connectivity index (χ4n) is 2.36. The molecule has 0 saturated heterocycles. The van der Waals surface area contributed by atoms with E-state index in [1.54, 1.807) is 64.1 Å². The highest BCUT2D eigenvalue weighted by Gasteiger charge is 2.22. The number of aryl methyl sites for hydroxylation is 1. The number of hydrogen-bond donors (Lipinski definition) is 3. The van der Waals surface area contributed by atoms with Crippen molar-refractivity contribution in [1.29, 1.82) is 0 Å². The molecule has 0 saturated carbocycles. The SMILES string of the molecule is CC(=O)Nc1ccc(C)c(S(=O)(=O)Nc2cccc(NC(=O)C(C)(C)C)c2)c1. The number of carbonyl (C=O) groups is 2. The summed E-state index contributed by atoms with van der Waals surface area (Å²) in [7, 11) is -3.89. The van der Waals surface area contributed by atoms with E-state index >= 15 is 0 Å². The summed E-state index contributed by atoms with van der Waals surface area (Å²) in [5.41, 5.74) is 1.17. The van der Waals surface area contributed by atoms with Gasteiger partial charge in [0, 0.05) is 23.7 Å². The molecule has 0 atom stereocenters. The van der Waals surface area contributed by atoms with Gasteiger partial charge in [-0.05, 0) is 42.8 Å². The second-order valence-corrected chi connectivity index (χ2v) is 9.20. The largest absolute Gasteiger partial charge is 0.326 e. The lowest BCUT2D eigenvalue weighted by atomic mass is 9.95. The highest BCUT2D eigenvalue weighted by Crippen LogP contribution is 2.25. The van der Waals surface area contributed by atoms with Crippen LogP contribution in [0.25, 0.3) is 0 Å². The quantitative estimate of drug-likeness (QED) is 0.707. The highest BCUT2D eigenvalue weighted by molar-refractivity contribution is 7.92. The van der Waals surface area contributed by atoms with Crippen molar-refractivity contribution >= 4 is 38.9 Å². The predicted octanol–water partition coefficient (Wildman–Crippen LogP) is 3.74. The van der Waals surface area contributed by atoms with Gasteiger partial charge in [0.15, 0.2) is 0 Å². The monoisotopic (exact) mass is 403 g/mol. The minimum absolute atomic E-state index is 0.0582. The summed E-state index contributed by atoms with van der Waals surface area (Å²) in [5, 5.41) is 5.34. The van der Waals surface area contributed by atoms with Crippen LogP contribution in [0.1, 0.15) is 33.3 Å². The zero-order chi connectivity index (χ0) is 21.1. The van der Waals surface area contributed by atoms with E-state index in [4.69, 9.17) is 0 Å². The topological polar surface area (TPSA) is 104 Å². The van der Waals surface area contributed by atoms with Gasteiger partial charge in [-0.15, -0.1) is 0 Å². The van der Waals surface area contributed by atoms with Crippen LogP contribution in [0, 0.1) is 12.3 Å². The lowest BCUT2D eigenvalue weighted by Crippen LogP contribution is -2.27. The first-order valence-electron chi connectivity index (χ1n) is 8.71. The third-order valence-corrected chi connectivity index (χ3v) is 5.38. The minimum atomic E-state index is -3.89. The van der Waals surface area contributed by atoms with Crippen LogP contribution >= 0.6 is 0 Å². The van der Waals surface area contributed by atoms with Crippen LogP contribution in [0.15, 0.2) is 47.4 Å². The van der Waals surface area contributed by atoms with E-state index in [2.05, 4.69) is 15.4 Å². The predicted molar refractivity (Wildman–Crippen MR) is 111 cm³/mol. The Labute approximate surface area is 165 Å². The van der Waals surface area contributed by atoms with E-state index in [1.807, 2.05) is 0 Å². The van der Waals surface area contributed by atoms with E-state index < -0.39 is 15.4 Å².